The van der Waals surface area contributed by atoms with Gasteiger partial charge in [0.25, 0.3) is 0 Å². The number of anilines is 2. The average molecular weight is 236 g/mol. The molecule has 1 heterocycles. The summed E-state index contributed by atoms with van der Waals surface area (Å²) in [5, 5.41) is 16.0. The molecular weight excluding hydrogens is 216 g/mol. The molecule has 3 N–H and O–H groups in total. The van der Waals surface area contributed by atoms with E-state index in [0.29, 0.717) is 6.04 Å². The van der Waals surface area contributed by atoms with Crippen LogP contribution in [0, 0.1) is 0 Å². The number of aromatic nitrogens is 2. The zero-order valence-corrected chi connectivity index (χ0v) is 10.2. The van der Waals surface area contributed by atoms with E-state index in [4.69, 9.17) is 0 Å². The zero-order valence-electron chi connectivity index (χ0n) is 10.2. The molecule has 94 valence electrons. The van der Waals surface area contributed by atoms with Crippen molar-refractivity contribution in [3.05, 3.63) is 12.4 Å². The van der Waals surface area contributed by atoms with Crippen molar-refractivity contribution in [3.63, 3.8) is 0 Å². The largest absolute Gasteiger partial charge is 0.393 e. The maximum absolute atomic E-state index is 9.44. The highest BCUT2D eigenvalue weighted by Gasteiger charge is 2.19. The smallest absolute Gasteiger partial charge is 0.147 e. The van der Waals surface area contributed by atoms with Crippen LogP contribution in [0.3, 0.4) is 0 Å². The standard InChI is InChI=1S/C12H20N4O/c1-2-14-11-7-13-8-12(16-11)15-9-3-5-10(17)6-4-9/h7-10,17H,2-6H2,1H3,(H2,14,15,16). The first-order valence-corrected chi connectivity index (χ1v) is 6.28. The summed E-state index contributed by atoms with van der Waals surface area (Å²) in [4.78, 5) is 8.58. The molecule has 1 aliphatic carbocycles. The minimum Gasteiger partial charge on any atom is -0.393 e. The van der Waals surface area contributed by atoms with Crippen molar-refractivity contribution in [2.45, 2.75) is 44.8 Å². The van der Waals surface area contributed by atoms with Crippen LogP contribution in [0.4, 0.5) is 11.6 Å². The summed E-state index contributed by atoms with van der Waals surface area (Å²) >= 11 is 0. The second-order valence-electron chi connectivity index (χ2n) is 4.47. The monoisotopic (exact) mass is 236 g/mol. The van der Waals surface area contributed by atoms with Crippen molar-refractivity contribution in [2.24, 2.45) is 0 Å². The number of aliphatic hydroxyl groups is 1. The van der Waals surface area contributed by atoms with E-state index >= 15 is 0 Å². The van der Waals surface area contributed by atoms with Gasteiger partial charge in [0, 0.05) is 12.6 Å². The molecule has 0 bridgehead atoms. The van der Waals surface area contributed by atoms with Gasteiger partial charge in [0.2, 0.25) is 0 Å². The van der Waals surface area contributed by atoms with Crippen LogP contribution in [-0.2, 0) is 0 Å². The van der Waals surface area contributed by atoms with Crippen LogP contribution >= 0.6 is 0 Å². The molecule has 0 aromatic carbocycles. The molecule has 1 saturated carbocycles. The lowest BCUT2D eigenvalue weighted by molar-refractivity contribution is 0.126. The van der Waals surface area contributed by atoms with Crippen molar-refractivity contribution in [1.82, 2.24) is 9.97 Å². The summed E-state index contributed by atoms with van der Waals surface area (Å²) in [7, 11) is 0. The molecule has 17 heavy (non-hydrogen) atoms. The first-order valence-electron chi connectivity index (χ1n) is 6.28. The normalized spacial score (nSPS) is 24.4. The summed E-state index contributed by atoms with van der Waals surface area (Å²) in [6, 6.07) is 0.407. The molecule has 0 aliphatic heterocycles. The van der Waals surface area contributed by atoms with Crippen LogP contribution < -0.4 is 10.6 Å². The third-order valence-corrected chi connectivity index (χ3v) is 3.04. The van der Waals surface area contributed by atoms with Crippen LogP contribution in [0.15, 0.2) is 12.4 Å². The van der Waals surface area contributed by atoms with E-state index in [9.17, 15) is 5.11 Å². The van der Waals surface area contributed by atoms with Crippen LogP contribution in [0.2, 0.25) is 0 Å². The third-order valence-electron chi connectivity index (χ3n) is 3.04. The molecule has 0 unspecified atom stereocenters. The lowest BCUT2D eigenvalue weighted by Gasteiger charge is -2.26. The summed E-state index contributed by atoms with van der Waals surface area (Å²) in [6.07, 6.45) is 7.08. The van der Waals surface area contributed by atoms with E-state index in [1.54, 1.807) is 12.4 Å². The maximum atomic E-state index is 9.44. The average Bonchev–Trinajstić information content (AvgIpc) is 2.33. The SMILES string of the molecule is CCNc1cncc(NC2CCC(O)CC2)n1. The predicted octanol–water partition coefficient (Wildman–Crippen LogP) is 1.62. The van der Waals surface area contributed by atoms with Gasteiger partial charge in [0.05, 0.1) is 18.5 Å². The Labute approximate surface area is 102 Å². The molecule has 0 atom stereocenters. The minimum absolute atomic E-state index is 0.118. The van der Waals surface area contributed by atoms with Gasteiger partial charge in [0.15, 0.2) is 0 Å². The fourth-order valence-electron chi connectivity index (χ4n) is 2.13. The fourth-order valence-corrected chi connectivity index (χ4v) is 2.13. The molecule has 1 fully saturated rings. The molecule has 5 heteroatoms. The van der Waals surface area contributed by atoms with Gasteiger partial charge in [-0.15, -0.1) is 0 Å². The van der Waals surface area contributed by atoms with Gasteiger partial charge in [-0.3, -0.25) is 4.98 Å². The number of nitrogens with zero attached hydrogens (tertiary/aromatic N) is 2. The summed E-state index contributed by atoms with van der Waals surface area (Å²) < 4.78 is 0. The first kappa shape index (κ1) is 12.1. The Bertz CT molecular complexity index is 350. The van der Waals surface area contributed by atoms with E-state index in [1.165, 1.54) is 0 Å². The van der Waals surface area contributed by atoms with Crippen molar-refractivity contribution >= 4 is 11.6 Å². The molecule has 0 spiro atoms. The highest BCUT2D eigenvalue weighted by Crippen LogP contribution is 2.21. The Morgan fingerprint density at radius 1 is 1.24 bits per heavy atom. The second kappa shape index (κ2) is 5.82. The zero-order chi connectivity index (χ0) is 12.1. The predicted molar refractivity (Wildman–Crippen MR) is 68.1 cm³/mol. The van der Waals surface area contributed by atoms with E-state index in [-0.39, 0.29) is 6.10 Å². The fraction of sp³-hybridized carbons (Fsp3) is 0.667. The van der Waals surface area contributed by atoms with E-state index in [2.05, 4.69) is 20.6 Å². The quantitative estimate of drug-likeness (QED) is 0.741. The number of aliphatic hydroxyl groups excluding tert-OH is 1. The maximum Gasteiger partial charge on any atom is 0.147 e. The number of nitrogens with one attached hydrogen (secondary N) is 2. The molecule has 0 radical (unpaired) electrons. The van der Waals surface area contributed by atoms with Gasteiger partial charge in [-0.1, -0.05) is 0 Å². The lowest BCUT2D eigenvalue weighted by atomic mass is 9.93. The van der Waals surface area contributed by atoms with Gasteiger partial charge in [-0.05, 0) is 32.6 Å². The molecular formula is C12H20N4O. The van der Waals surface area contributed by atoms with Crippen LogP contribution in [-0.4, -0.2) is 33.8 Å². The van der Waals surface area contributed by atoms with Gasteiger partial charge in [0.1, 0.15) is 11.6 Å². The topological polar surface area (TPSA) is 70.1 Å². The van der Waals surface area contributed by atoms with Crippen molar-refractivity contribution in [3.8, 4) is 0 Å². The number of hydrogen-bond donors (Lipinski definition) is 3. The van der Waals surface area contributed by atoms with Crippen molar-refractivity contribution in [1.29, 1.82) is 0 Å². The second-order valence-corrected chi connectivity index (χ2v) is 4.47. The Hall–Kier alpha value is -1.36. The van der Waals surface area contributed by atoms with Gasteiger partial charge >= 0.3 is 0 Å². The molecule has 5 nitrogen and oxygen atoms in total. The molecule has 0 amide bonds. The Balaban J connectivity index is 1.91. The van der Waals surface area contributed by atoms with Crippen molar-refractivity contribution in [2.75, 3.05) is 17.2 Å². The molecule has 1 aliphatic rings. The lowest BCUT2D eigenvalue weighted by Crippen LogP contribution is -2.28. The molecule has 0 saturated heterocycles. The van der Waals surface area contributed by atoms with Gasteiger partial charge < -0.3 is 15.7 Å². The Morgan fingerprint density at radius 3 is 2.65 bits per heavy atom. The van der Waals surface area contributed by atoms with Gasteiger partial charge in [-0.25, -0.2) is 4.98 Å². The van der Waals surface area contributed by atoms with Crippen LogP contribution in [0.1, 0.15) is 32.6 Å². The van der Waals surface area contributed by atoms with E-state index in [1.807, 2.05) is 6.92 Å². The Morgan fingerprint density at radius 2 is 1.94 bits per heavy atom. The van der Waals surface area contributed by atoms with E-state index < -0.39 is 0 Å². The first-order chi connectivity index (χ1) is 8.28. The highest BCUT2D eigenvalue weighted by atomic mass is 16.3. The summed E-state index contributed by atoms with van der Waals surface area (Å²) in [6.45, 7) is 2.87. The van der Waals surface area contributed by atoms with Crippen LogP contribution in [0.5, 0.6) is 0 Å². The summed E-state index contributed by atoms with van der Waals surface area (Å²) in [5.41, 5.74) is 0. The van der Waals surface area contributed by atoms with Crippen molar-refractivity contribution < 1.29 is 5.11 Å². The summed E-state index contributed by atoms with van der Waals surface area (Å²) in [5.74, 6) is 1.61. The highest BCUT2D eigenvalue weighted by molar-refractivity contribution is 5.42. The third kappa shape index (κ3) is 3.56. The molecule has 1 aromatic rings. The number of rotatable bonds is 4. The molecule has 1 aromatic heterocycles. The van der Waals surface area contributed by atoms with E-state index in [0.717, 1.165) is 43.9 Å². The minimum atomic E-state index is -0.118. The van der Waals surface area contributed by atoms with Crippen LogP contribution in [0.25, 0.3) is 0 Å². The number of hydrogen-bond acceptors (Lipinski definition) is 5. The van der Waals surface area contributed by atoms with Gasteiger partial charge in [-0.2, -0.15) is 0 Å². The molecule has 2 rings (SSSR count). The Kier molecular flexibility index (Phi) is 4.14.